The lowest BCUT2D eigenvalue weighted by Gasteiger charge is -2.18. The number of hydrogen-bond donors (Lipinski definition) is 4. The summed E-state index contributed by atoms with van der Waals surface area (Å²) in [6.07, 6.45) is 3.47. The minimum absolute atomic E-state index is 0.00148. The van der Waals surface area contributed by atoms with E-state index in [1.165, 1.54) is 12.1 Å². The van der Waals surface area contributed by atoms with Crippen LogP contribution < -0.4 is 11.1 Å². The highest BCUT2D eigenvalue weighted by molar-refractivity contribution is 5.95. The molecule has 5 N–H and O–H groups in total. The van der Waals surface area contributed by atoms with Gasteiger partial charge in [0.15, 0.2) is 0 Å². The van der Waals surface area contributed by atoms with Crippen molar-refractivity contribution in [3.8, 4) is 5.75 Å². The van der Waals surface area contributed by atoms with Gasteiger partial charge in [0, 0.05) is 31.6 Å². The van der Waals surface area contributed by atoms with Crippen LogP contribution in [0.15, 0.2) is 42.7 Å². The Hall–Kier alpha value is -2.48. The number of hydrogen-bond acceptors (Lipinski definition) is 6. The van der Waals surface area contributed by atoms with Crippen LogP contribution in [0.4, 0.5) is 0 Å². The molecule has 26 heavy (non-hydrogen) atoms. The largest absolute Gasteiger partial charge is 0.507 e. The smallest absolute Gasteiger partial charge is 0.252 e. The maximum atomic E-state index is 11.3. The number of primary amides is 1. The van der Waals surface area contributed by atoms with Crippen molar-refractivity contribution in [3.63, 3.8) is 0 Å². The van der Waals surface area contributed by atoms with Crippen LogP contribution in [0.2, 0.25) is 0 Å². The van der Waals surface area contributed by atoms with E-state index in [1.807, 2.05) is 19.1 Å². The van der Waals surface area contributed by atoms with E-state index in [4.69, 9.17) is 10.5 Å². The molecular formula is C19H25N3O4. The summed E-state index contributed by atoms with van der Waals surface area (Å²) in [5, 5.41) is 23.1. The van der Waals surface area contributed by atoms with Crippen LogP contribution in [0.25, 0.3) is 0 Å². The fourth-order valence-electron chi connectivity index (χ4n) is 2.42. The summed E-state index contributed by atoms with van der Waals surface area (Å²) in [6, 6.07) is 8.31. The number of nitrogens with two attached hydrogens (primary N) is 1. The Morgan fingerprint density at radius 1 is 1.38 bits per heavy atom. The molecular weight excluding hydrogens is 334 g/mol. The Bertz CT molecular complexity index is 709. The highest BCUT2D eigenvalue weighted by Crippen LogP contribution is 2.22. The Labute approximate surface area is 152 Å². The SMILES string of the molecule is CC(CCOCc1cccnc1)NCC(O)c1ccc(O)c(C(N)=O)c1. The molecule has 1 heterocycles. The number of nitrogens with one attached hydrogen (secondary N) is 1. The summed E-state index contributed by atoms with van der Waals surface area (Å²) >= 11 is 0. The van der Waals surface area contributed by atoms with Crippen LogP contribution in [0.3, 0.4) is 0 Å². The van der Waals surface area contributed by atoms with Crippen LogP contribution in [0.5, 0.6) is 5.75 Å². The Kier molecular flexibility index (Phi) is 7.53. The number of aromatic hydroxyl groups is 1. The van der Waals surface area contributed by atoms with Crippen molar-refractivity contribution in [1.82, 2.24) is 10.3 Å². The minimum atomic E-state index is -0.813. The molecule has 1 aromatic heterocycles. The number of aliphatic hydroxyl groups is 1. The summed E-state index contributed by atoms with van der Waals surface area (Å²) in [6.45, 7) is 3.43. The number of carbonyl (C=O) groups is 1. The number of amides is 1. The highest BCUT2D eigenvalue weighted by atomic mass is 16.5. The second kappa shape index (κ2) is 9.86. The van der Waals surface area contributed by atoms with E-state index in [0.717, 1.165) is 12.0 Å². The molecule has 2 aromatic rings. The summed E-state index contributed by atoms with van der Waals surface area (Å²) in [5.41, 5.74) is 6.75. The maximum absolute atomic E-state index is 11.3. The number of nitrogens with zero attached hydrogens (tertiary/aromatic N) is 1. The molecule has 0 radical (unpaired) electrons. The molecule has 7 heteroatoms. The molecule has 7 nitrogen and oxygen atoms in total. The fraction of sp³-hybridized carbons (Fsp3) is 0.368. The number of aromatic nitrogens is 1. The van der Waals surface area contributed by atoms with Crippen molar-refractivity contribution in [2.75, 3.05) is 13.2 Å². The second-order valence-corrected chi connectivity index (χ2v) is 6.17. The summed E-state index contributed by atoms with van der Waals surface area (Å²) in [4.78, 5) is 15.3. The van der Waals surface area contributed by atoms with Gasteiger partial charge in [0.1, 0.15) is 5.75 Å². The number of aliphatic hydroxyl groups excluding tert-OH is 1. The van der Waals surface area contributed by atoms with E-state index in [9.17, 15) is 15.0 Å². The van der Waals surface area contributed by atoms with Gasteiger partial charge in [-0.1, -0.05) is 12.1 Å². The van der Waals surface area contributed by atoms with E-state index in [1.54, 1.807) is 18.5 Å². The first-order chi connectivity index (χ1) is 12.5. The normalized spacial score (nSPS) is 13.3. The Morgan fingerprint density at radius 3 is 2.88 bits per heavy atom. The van der Waals surface area contributed by atoms with Crippen LogP contribution >= 0.6 is 0 Å². The van der Waals surface area contributed by atoms with E-state index in [2.05, 4.69) is 10.3 Å². The van der Waals surface area contributed by atoms with Gasteiger partial charge in [-0.2, -0.15) is 0 Å². The average molecular weight is 359 g/mol. The third kappa shape index (κ3) is 6.11. The minimum Gasteiger partial charge on any atom is -0.507 e. The van der Waals surface area contributed by atoms with Gasteiger partial charge in [0.25, 0.3) is 5.91 Å². The first kappa shape index (κ1) is 19.8. The standard InChI is InChI=1S/C19H25N3O4/c1-13(6-8-26-12-14-3-2-7-21-10-14)22-11-18(24)15-4-5-17(23)16(9-15)19(20)25/h2-5,7,9-10,13,18,22-24H,6,8,11-12H2,1H3,(H2,20,25). The van der Waals surface area contributed by atoms with E-state index < -0.39 is 12.0 Å². The van der Waals surface area contributed by atoms with E-state index in [0.29, 0.717) is 25.3 Å². The van der Waals surface area contributed by atoms with Crippen LogP contribution in [-0.2, 0) is 11.3 Å². The molecule has 0 aliphatic rings. The monoisotopic (exact) mass is 359 g/mol. The lowest BCUT2D eigenvalue weighted by Crippen LogP contribution is -2.31. The molecule has 2 rings (SSSR count). The van der Waals surface area contributed by atoms with Crippen LogP contribution in [0.1, 0.15) is 40.9 Å². The van der Waals surface area contributed by atoms with Gasteiger partial charge in [0.05, 0.1) is 18.3 Å². The fourth-order valence-corrected chi connectivity index (χ4v) is 2.42. The van der Waals surface area contributed by atoms with Crippen molar-refractivity contribution in [2.45, 2.75) is 32.1 Å². The van der Waals surface area contributed by atoms with Crippen molar-refractivity contribution in [2.24, 2.45) is 5.73 Å². The predicted octanol–water partition coefficient (Wildman–Crippen LogP) is 1.50. The van der Waals surface area contributed by atoms with Gasteiger partial charge >= 0.3 is 0 Å². The number of phenols is 1. The molecule has 1 amide bonds. The topological polar surface area (TPSA) is 118 Å². The van der Waals surface area contributed by atoms with Gasteiger partial charge in [-0.05, 0) is 42.7 Å². The number of carbonyl (C=O) groups excluding carboxylic acids is 1. The van der Waals surface area contributed by atoms with E-state index >= 15 is 0 Å². The lowest BCUT2D eigenvalue weighted by molar-refractivity contribution is 0.0997. The van der Waals surface area contributed by atoms with Crippen molar-refractivity contribution >= 4 is 5.91 Å². The summed E-state index contributed by atoms with van der Waals surface area (Å²) in [5.74, 6) is -0.927. The number of pyridine rings is 1. The zero-order valence-corrected chi connectivity index (χ0v) is 14.8. The molecule has 0 saturated carbocycles. The van der Waals surface area contributed by atoms with Gasteiger partial charge in [-0.25, -0.2) is 0 Å². The zero-order valence-electron chi connectivity index (χ0n) is 14.8. The summed E-state index contributed by atoms with van der Waals surface area (Å²) in [7, 11) is 0. The molecule has 2 atom stereocenters. The molecule has 0 aliphatic carbocycles. The van der Waals surface area contributed by atoms with Crippen molar-refractivity contribution in [3.05, 3.63) is 59.4 Å². The predicted molar refractivity (Wildman–Crippen MR) is 97.6 cm³/mol. The van der Waals surface area contributed by atoms with Gasteiger partial charge in [0.2, 0.25) is 0 Å². The number of benzene rings is 1. The van der Waals surface area contributed by atoms with E-state index in [-0.39, 0.29) is 17.4 Å². The van der Waals surface area contributed by atoms with Crippen LogP contribution in [0, 0.1) is 0 Å². The maximum Gasteiger partial charge on any atom is 0.252 e. The molecule has 0 spiro atoms. The number of rotatable bonds is 10. The highest BCUT2D eigenvalue weighted by Gasteiger charge is 2.14. The van der Waals surface area contributed by atoms with Crippen molar-refractivity contribution in [1.29, 1.82) is 0 Å². The first-order valence-electron chi connectivity index (χ1n) is 8.48. The quantitative estimate of drug-likeness (QED) is 0.478. The van der Waals surface area contributed by atoms with Gasteiger partial charge < -0.3 is 26.0 Å². The first-order valence-corrected chi connectivity index (χ1v) is 8.48. The molecule has 0 aliphatic heterocycles. The van der Waals surface area contributed by atoms with Crippen molar-refractivity contribution < 1.29 is 19.7 Å². The zero-order chi connectivity index (χ0) is 18.9. The van der Waals surface area contributed by atoms with Crippen LogP contribution in [-0.4, -0.2) is 40.3 Å². The number of ether oxygens (including phenoxy) is 1. The Balaban J connectivity index is 1.72. The molecule has 140 valence electrons. The molecule has 0 fully saturated rings. The third-order valence-corrected chi connectivity index (χ3v) is 4.02. The molecule has 0 saturated heterocycles. The molecule has 2 unspecified atom stereocenters. The van der Waals surface area contributed by atoms with Gasteiger partial charge in [-0.3, -0.25) is 9.78 Å². The lowest BCUT2D eigenvalue weighted by atomic mass is 10.0. The van der Waals surface area contributed by atoms with Gasteiger partial charge in [-0.15, -0.1) is 0 Å². The molecule has 1 aromatic carbocycles. The second-order valence-electron chi connectivity index (χ2n) is 6.17. The Morgan fingerprint density at radius 2 is 2.19 bits per heavy atom. The average Bonchev–Trinajstić information content (AvgIpc) is 2.64. The third-order valence-electron chi connectivity index (χ3n) is 4.02. The summed E-state index contributed by atoms with van der Waals surface area (Å²) < 4.78 is 5.62. The molecule has 0 bridgehead atoms.